The van der Waals surface area contributed by atoms with Crippen LogP contribution in [-0.2, 0) is 4.74 Å². The van der Waals surface area contributed by atoms with Gasteiger partial charge in [0.2, 0.25) is 0 Å². The predicted octanol–water partition coefficient (Wildman–Crippen LogP) is 2.12. The van der Waals surface area contributed by atoms with E-state index in [0.717, 1.165) is 0 Å². The Morgan fingerprint density at radius 2 is 2.25 bits per heavy atom. The molecule has 0 aliphatic carbocycles. The normalized spacial score (nSPS) is 10.2. The van der Waals surface area contributed by atoms with E-state index < -0.39 is 5.97 Å². The quantitative estimate of drug-likeness (QED) is 0.861. The van der Waals surface area contributed by atoms with Crippen LogP contribution < -0.4 is 4.90 Å². The van der Waals surface area contributed by atoms with E-state index in [1.807, 2.05) is 0 Å². The van der Waals surface area contributed by atoms with E-state index in [1.54, 1.807) is 31.2 Å². The van der Waals surface area contributed by atoms with Crippen LogP contribution in [0.25, 0.3) is 0 Å². The Bertz CT molecular complexity index is 381. The standard InChI is InChI=1S/C11H14ClNO3/c1-13(5-6-16-2)10-7-8(12)3-4-9(10)11(14)15/h3-4,7H,5-6H2,1-2H3,(H,14,15). The van der Waals surface area contributed by atoms with Crippen molar-refractivity contribution >= 4 is 23.3 Å². The fourth-order valence-corrected chi connectivity index (χ4v) is 1.52. The summed E-state index contributed by atoms with van der Waals surface area (Å²) < 4.78 is 4.94. The van der Waals surface area contributed by atoms with Crippen molar-refractivity contribution in [2.24, 2.45) is 0 Å². The summed E-state index contributed by atoms with van der Waals surface area (Å²) in [4.78, 5) is 12.8. The zero-order valence-electron chi connectivity index (χ0n) is 9.24. The van der Waals surface area contributed by atoms with Gasteiger partial charge in [-0.05, 0) is 18.2 Å². The van der Waals surface area contributed by atoms with Gasteiger partial charge in [0.1, 0.15) is 0 Å². The molecule has 4 nitrogen and oxygen atoms in total. The van der Waals surface area contributed by atoms with Crippen molar-refractivity contribution in [2.45, 2.75) is 0 Å². The number of hydrogen-bond donors (Lipinski definition) is 1. The number of methoxy groups -OCH3 is 1. The van der Waals surface area contributed by atoms with E-state index in [2.05, 4.69) is 0 Å². The second-order valence-corrected chi connectivity index (χ2v) is 3.82. The Hall–Kier alpha value is -1.26. The lowest BCUT2D eigenvalue weighted by Gasteiger charge is -2.20. The number of anilines is 1. The van der Waals surface area contributed by atoms with E-state index in [1.165, 1.54) is 6.07 Å². The van der Waals surface area contributed by atoms with E-state index in [9.17, 15) is 4.79 Å². The van der Waals surface area contributed by atoms with Crippen molar-refractivity contribution in [3.63, 3.8) is 0 Å². The predicted molar refractivity (Wildman–Crippen MR) is 63.6 cm³/mol. The highest BCUT2D eigenvalue weighted by Crippen LogP contribution is 2.24. The summed E-state index contributed by atoms with van der Waals surface area (Å²) in [6.45, 7) is 1.14. The summed E-state index contributed by atoms with van der Waals surface area (Å²) >= 11 is 5.85. The third kappa shape index (κ3) is 3.12. The number of nitrogens with zero attached hydrogens (tertiary/aromatic N) is 1. The van der Waals surface area contributed by atoms with E-state index in [-0.39, 0.29) is 5.56 Å². The lowest BCUT2D eigenvalue weighted by molar-refractivity contribution is 0.0697. The summed E-state index contributed by atoms with van der Waals surface area (Å²) in [5, 5.41) is 9.55. The molecule has 1 aromatic rings. The molecule has 0 saturated heterocycles. The number of ether oxygens (including phenoxy) is 1. The SMILES string of the molecule is COCCN(C)c1cc(Cl)ccc1C(=O)O. The molecule has 0 radical (unpaired) electrons. The van der Waals surface area contributed by atoms with Gasteiger partial charge in [0.05, 0.1) is 17.9 Å². The number of benzene rings is 1. The van der Waals surface area contributed by atoms with Crippen LogP contribution in [0, 0.1) is 0 Å². The third-order valence-electron chi connectivity index (χ3n) is 2.23. The molecular formula is C11H14ClNO3. The second-order valence-electron chi connectivity index (χ2n) is 3.38. The Morgan fingerprint density at radius 1 is 1.56 bits per heavy atom. The fraction of sp³-hybridized carbons (Fsp3) is 0.364. The maximum atomic E-state index is 11.0. The molecule has 0 fully saturated rings. The van der Waals surface area contributed by atoms with Crippen LogP contribution in [0.4, 0.5) is 5.69 Å². The zero-order chi connectivity index (χ0) is 12.1. The van der Waals surface area contributed by atoms with Gasteiger partial charge in [-0.3, -0.25) is 0 Å². The lowest BCUT2D eigenvalue weighted by atomic mass is 10.1. The number of carboxylic acids is 1. The molecule has 88 valence electrons. The van der Waals surface area contributed by atoms with Gasteiger partial charge in [-0.15, -0.1) is 0 Å². The van der Waals surface area contributed by atoms with Gasteiger partial charge in [-0.25, -0.2) is 4.79 Å². The summed E-state index contributed by atoms with van der Waals surface area (Å²) in [6, 6.07) is 4.71. The minimum absolute atomic E-state index is 0.239. The van der Waals surface area contributed by atoms with E-state index in [4.69, 9.17) is 21.4 Å². The minimum atomic E-state index is -0.962. The highest BCUT2D eigenvalue weighted by molar-refractivity contribution is 6.31. The van der Waals surface area contributed by atoms with Gasteiger partial charge >= 0.3 is 5.97 Å². The van der Waals surface area contributed by atoms with Crippen LogP contribution in [-0.4, -0.2) is 38.4 Å². The monoisotopic (exact) mass is 243 g/mol. The average molecular weight is 244 g/mol. The van der Waals surface area contributed by atoms with Crippen LogP contribution in [0.3, 0.4) is 0 Å². The molecular weight excluding hydrogens is 230 g/mol. The summed E-state index contributed by atoms with van der Waals surface area (Å²) in [5.41, 5.74) is 0.833. The summed E-state index contributed by atoms with van der Waals surface area (Å²) in [5.74, 6) is -0.962. The van der Waals surface area contributed by atoms with Crippen molar-refractivity contribution in [3.8, 4) is 0 Å². The largest absolute Gasteiger partial charge is 0.478 e. The van der Waals surface area contributed by atoms with Gasteiger partial charge in [0, 0.05) is 25.7 Å². The number of likely N-dealkylation sites (N-methyl/N-ethyl adjacent to an activating group) is 1. The molecule has 0 saturated carbocycles. The molecule has 0 unspecified atom stereocenters. The number of carbonyl (C=O) groups is 1. The van der Waals surface area contributed by atoms with E-state index >= 15 is 0 Å². The Balaban J connectivity index is 2.99. The first-order valence-electron chi connectivity index (χ1n) is 4.79. The summed E-state index contributed by atoms with van der Waals surface area (Å²) in [6.07, 6.45) is 0. The molecule has 5 heteroatoms. The molecule has 0 aromatic heterocycles. The molecule has 16 heavy (non-hydrogen) atoms. The molecule has 0 spiro atoms. The number of rotatable bonds is 5. The molecule has 0 aliphatic heterocycles. The Kier molecular flexibility index (Phi) is 4.58. The van der Waals surface area contributed by atoms with Crippen molar-refractivity contribution in [1.82, 2.24) is 0 Å². The second kappa shape index (κ2) is 5.72. The average Bonchev–Trinajstić information content (AvgIpc) is 2.25. The summed E-state index contributed by atoms with van der Waals surface area (Å²) in [7, 11) is 3.40. The number of hydrogen-bond acceptors (Lipinski definition) is 3. The third-order valence-corrected chi connectivity index (χ3v) is 2.47. The zero-order valence-corrected chi connectivity index (χ0v) is 9.99. The van der Waals surface area contributed by atoms with Gasteiger partial charge in [-0.1, -0.05) is 11.6 Å². The first-order chi connectivity index (χ1) is 7.56. The Morgan fingerprint density at radius 3 is 2.81 bits per heavy atom. The maximum absolute atomic E-state index is 11.0. The van der Waals surface area contributed by atoms with Gasteiger partial charge in [0.25, 0.3) is 0 Å². The molecule has 0 atom stereocenters. The molecule has 0 aliphatic rings. The number of carboxylic acid groups (broad SMARTS) is 1. The highest BCUT2D eigenvalue weighted by atomic mass is 35.5. The van der Waals surface area contributed by atoms with Gasteiger partial charge < -0.3 is 14.7 Å². The van der Waals surface area contributed by atoms with Gasteiger partial charge in [0.15, 0.2) is 0 Å². The minimum Gasteiger partial charge on any atom is -0.478 e. The smallest absolute Gasteiger partial charge is 0.337 e. The van der Waals surface area contributed by atoms with Crippen molar-refractivity contribution < 1.29 is 14.6 Å². The van der Waals surface area contributed by atoms with Crippen LogP contribution >= 0.6 is 11.6 Å². The lowest BCUT2D eigenvalue weighted by Crippen LogP contribution is -2.24. The van der Waals surface area contributed by atoms with Crippen molar-refractivity contribution in [2.75, 3.05) is 32.2 Å². The molecule has 1 rings (SSSR count). The van der Waals surface area contributed by atoms with Crippen LogP contribution in [0.2, 0.25) is 5.02 Å². The first kappa shape index (κ1) is 12.8. The van der Waals surface area contributed by atoms with Crippen LogP contribution in [0.5, 0.6) is 0 Å². The van der Waals surface area contributed by atoms with Gasteiger partial charge in [-0.2, -0.15) is 0 Å². The number of aromatic carboxylic acids is 1. The van der Waals surface area contributed by atoms with Crippen LogP contribution in [0.1, 0.15) is 10.4 Å². The molecule has 1 N–H and O–H groups in total. The number of halogens is 1. The molecule has 0 heterocycles. The first-order valence-corrected chi connectivity index (χ1v) is 5.17. The van der Waals surface area contributed by atoms with Crippen LogP contribution in [0.15, 0.2) is 18.2 Å². The molecule has 0 amide bonds. The van der Waals surface area contributed by atoms with Crippen molar-refractivity contribution in [1.29, 1.82) is 0 Å². The maximum Gasteiger partial charge on any atom is 0.337 e. The topological polar surface area (TPSA) is 49.8 Å². The Labute approximate surface area is 99.4 Å². The molecule has 1 aromatic carbocycles. The molecule has 0 bridgehead atoms. The van der Waals surface area contributed by atoms with E-state index in [0.29, 0.717) is 23.9 Å². The van der Waals surface area contributed by atoms with Crippen molar-refractivity contribution in [3.05, 3.63) is 28.8 Å². The fourth-order valence-electron chi connectivity index (χ4n) is 1.35. The highest BCUT2D eigenvalue weighted by Gasteiger charge is 2.13.